The SMILES string of the molecule is Fc1ccc(/C=C/CN2CCC(N3CCNCC3)C2)c(F)c1. The number of nitrogens with one attached hydrogen (secondary N) is 1. The lowest BCUT2D eigenvalue weighted by Crippen LogP contribution is -2.49. The van der Waals surface area contributed by atoms with Gasteiger partial charge in [0.15, 0.2) is 0 Å². The standard InChI is InChI=1S/C17H23F2N3/c18-15-4-3-14(17(19)12-15)2-1-8-21-9-5-16(13-21)22-10-6-20-7-11-22/h1-4,12,16,20H,5-11,13H2/b2-1+. The van der Waals surface area contributed by atoms with Crippen LogP contribution in [0, 0.1) is 11.6 Å². The maximum absolute atomic E-state index is 13.5. The van der Waals surface area contributed by atoms with E-state index in [0.29, 0.717) is 11.6 Å². The summed E-state index contributed by atoms with van der Waals surface area (Å²) < 4.78 is 26.4. The third kappa shape index (κ3) is 3.91. The zero-order valence-electron chi connectivity index (χ0n) is 12.8. The molecule has 1 aromatic rings. The van der Waals surface area contributed by atoms with E-state index in [1.165, 1.54) is 18.6 Å². The van der Waals surface area contributed by atoms with Gasteiger partial charge in [-0.2, -0.15) is 0 Å². The van der Waals surface area contributed by atoms with Crippen molar-refractivity contribution in [2.24, 2.45) is 0 Å². The molecule has 0 radical (unpaired) electrons. The summed E-state index contributed by atoms with van der Waals surface area (Å²) in [6, 6.07) is 4.35. The Balaban J connectivity index is 1.49. The van der Waals surface area contributed by atoms with E-state index in [0.717, 1.165) is 51.9 Å². The van der Waals surface area contributed by atoms with Crippen LogP contribution in [0.3, 0.4) is 0 Å². The molecule has 0 spiro atoms. The van der Waals surface area contributed by atoms with Crippen LogP contribution in [-0.2, 0) is 0 Å². The van der Waals surface area contributed by atoms with Crippen molar-refractivity contribution < 1.29 is 8.78 Å². The Kier molecular flexibility index (Phi) is 5.18. The van der Waals surface area contributed by atoms with Crippen LogP contribution in [0.2, 0.25) is 0 Å². The molecule has 2 saturated heterocycles. The molecular formula is C17H23F2N3. The van der Waals surface area contributed by atoms with Gasteiger partial charge in [0.2, 0.25) is 0 Å². The highest BCUT2D eigenvalue weighted by molar-refractivity contribution is 5.50. The second-order valence-electron chi connectivity index (χ2n) is 6.06. The molecule has 22 heavy (non-hydrogen) atoms. The van der Waals surface area contributed by atoms with Gasteiger partial charge in [0, 0.05) is 63.5 Å². The van der Waals surface area contributed by atoms with Crippen LogP contribution in [0.5, 0.6) is 0 Å². The van der Waals surface area contributed by atoms with E-state index in [2.05, 4.69) is 15.1 Å². The van der Waals surface area contributed by atoms with Gasteiger partial charge < -0.3 is 5.32 Å². The van der Waals surface area contributed by atoms with E-state index < -0.39 is 11.6 Å². The van der Waals surface area contributed by atoms with E-state index in [4.69, 9.17) is 0 Å². The molecule has 2 fully saturated rings. The van der Waals surface area contributed by atoms with Gasteiger partial charge in [0.1, 0.15) is 11.6 Å². The smallest absolute Gasteiger partial charge is 0.133 e. The Morgan fingerprint density at radius 1 is 1.18 bits per heavy atom. The number of piperazine rings is 1. The van der Waals surface area contributed by atoms with Crippen LogP contribution in [0.4, 0.5) is 8.78 Å². The van der Waals surface area contributed by atoms with Gasteiger partial charge >= 0.3 is 0 Å². The largest absolute Gasteiger partial charge is 0.314 e. The number of likely N-dealkylation sites (tertiary alicyclic amines) is 1. The molecule has 0 aromatic heterocycles. The van der Waals surface area contributed by atoms with Crippen molar-refractivity contribution >= 4 is 6.08 Å². The summed E-state index contributed by atoms with van der Waals surface area (Å²) >= 11 is 0. The molecule has 0 aliphatic carbocycles. The lowest BCUT2D eigenvalue weighted by atomic mass is 10.2. The normalized spacial score (nSPS) is 24.4. The van der Waals surface area contributed by atoms with Crippen LogP contribution >= 0.6 is 0 Å². The molecule has 2 aliphatic heterocycles. The van der Waals surface area contributed by atoms with E-state index in [1.807, 2.05) is 6.08 Å². The monoisotopic (exact) mass is 307 g/mol. The van der Waals surface area contributed by atoms with Crippen LogP contribution in [0.25, 0.3) is 6.08 Å². The van der Waals surface area contributed by atoms with Crippen LogP contribution in [-0.4, -0.2) is 61.7 Å². The number of halogens is 2. The summed E-state index contributed by atoms with van der Waals surface area (Å²) in [4.78, 5) is 4.96. The molecule has 2 aliphatic rings. The van der Waals surface area contributed by atoms with Gasteiger partial charge in [-0.3, -0.25) is 9.80 Å². The van der Waals surface area contributed by atoms with Crippen molar-refractivity contribution in [2.75, 3.05) is 45.8 Å². The van der Waals surface area contributed by atoms with Gasteiger partial charge in [-0.05, 0) is 18.6 Å². The molecule has 0 amide bonds. The van der Waals surface area contributed by atoms with Gasteiger partial charge in [-0.25, -0.2) is 8.78 Å². The Morgan fingerprint density at radius 2 is 2.00 bits per heavy atom. The first-order chi connectivity index (χ1) is 10.7. The highest BCUT2D eigenvalue weighted by Gasteiger charge is 2.27. The molecule has 0 bridgehead atoms. The average Bonchev–Trinajstić information content (AvgIpc) is 2.99. The fraction of sp³-hybridized carbons (Fsp3) is 0.529. The number of benzene rings is 1. The highest BCUT2D eigenvalue weighted by Crippen LogP contribution is 2.16. The summed E-state index contributed by atoms with van der Waals surface area (Å²) in [5.74, 6) is -1.04. The lowest BCUT2D eigenvalue weighted by Gasteiger charge is -2.32. The van der Waals surface area contributed by atoms with E-state index >= 15 is 0 Å². The molecule has 1 atom stereocenters. The maximum atomic E-state index is 13.5. The van der Waals surface area contributed by atoms with Crippen molar-refractivity contribution in [1.82, 2.24) is 15.1 Å². The third-order valence-electron chi connectivity index (χ3n) is 4.54. The highest BCUT2D eigenvalue weighted by atomic mass is 19.1. The van der Waals surface area contributed by atoms with Gasteiger partial charge in [-0.15, -0.1) is 0 Å². The minimum absolute atomic E-state index is 0.444. The maximum Gasteiger partial charge on any atom is 0.133 e. The first kappa shape index (κ1) is 15.6. The summed E-state index contributed by atoms with van der Waals surface area (Å²) in [5, 5.41) is 3.38. The molecule has 5 heteroatoms. The number of hydrogen-bond donors (Lipinski definition) is 1. The molecule has 2 heterocycles. The van der Waals surface area contributed by atoms with Crippen molar-refractivity contribution in [3.8, 4) is 0 Å². The fourth-order valence-electron chi connectivity index (χ4n) is 3.29. The third-order valence-corrected chi connectivity index (χ3v) is 4.54. The van der Waals surface area contributed by atoms with Gasteiger partial charge in [0.05, 0.1) is 0 Å². The topological polar surface area (TPSA) is 18.5 Å². The lowest BCUT2D eigenvalue weighted by molar-refractivity contribution is 0.173. The molecule has 120 valence electrons. The fourth-order valence-corrected chi connectivity index (χ4v) is 3.29. The molecule has 3 nitrogen and oxygen atoms in total. The molecule has 3 rings (SSSR count). The van der Waals surface area contributed by atoms with E-state index in [-0.39, 0.29) is 0 Å². The number of rotatable bonds is 4. The predicted molar refractivity (Wildman–Crippen MR) is 84.7 cm³/mol. The summed E-state index contributed by atoms with van der Waals surface area (Å²) in [6.45, 7) is 7.42. The van der Waals surface area contributed by atoms with Crippen LogP contribution in [0.15, 0.2) is 24.3 Å². The van der Waals surface area contributed by atoms with Crippen LogP contribution < -0.4 is 5.32 Å². The second kappa shape index (κ2) is 7.31. The van der Waals surface area contributed by atoms with Crippen molar-refractivity contribution in [3.05, 3.63) is 41.5 Å². The van der Waals surface area contributed by atoms with Crippen molar-refractivity contribution in [1.29, 1.82) is 0 Å². The van der Waals surface area contributed by atoms with E-state index in [1.54, 1.807) is 6.08 Å². The summed E-state index contributed by atoms with van der Waals surface area (Å²) in [5.41, 5.74) is 0.444. The Morgan fingerprint density at radius 3 is 2.77 bits per heavy atom. The Hall–Kier alpha value is -1.30. The summed E-state index contributed by atoms with van der Waals surface area (Å²) in [6.07, 6.45) is 4.92. The first-order valence-corrected chi connectivity index (χ1v) is 8.01. The van der Waals surface area contributed by atoms with Crippen LogP contribution in [0.1, 0.15) is 12.0 Å². The quantitative estimate of drug-likeness (QED) is 0.917. The van der Waals surface area contributed by atoms with Crippen molar-refractivity contribution in [2.45, 2.75) is 12.5 Å². The Labute approximate surface area is 130 Å². The Bertz CT molecular complexity index is 527. The second-order valence-corrected chi connectivity index (χ2v) is 6.06. The number of nitrogens with zero attached hydrogens (tertiary/aromatic N) is 2. The zero-order chi connectivity index (χ0) is 15.4. The zero-order valence-corrected chi connectivity index (χ0v) is 12.8. The van der Waals surface area contributed by atoms with E-state index in [9.17, 15) is 8.78 Å². The van der Waals surface area contributed by atoms with Crippen molar-refractivity contribution in [3.63, 3.8) is 0 Å². The molecule has 1 unspecified atom stereocenters. The summed E-state index contributed by atoms with van der Waals surface area (Å²) in [7, 11) is 0. The minimum Gasteiger partial charge on any atom is -0.314 e. The van der Waals surface area contributed by atoms with Gasteiger partial charge in [-0.1, -0.05) is 12.2 Å². The molecule has 1 aromatic carbocycles. The average molecular weight is 307 g/mol. The minimum atomic E-state index is -0.534. The molecule has 0 saturated carbocycles. The first-order valence-electron chi connectivity index (χ1n) is 8.01. The molecule has 1 N–H and O–H groups in total. The van der Waals surface area contributed by atoms with Gasteiger partial charge in [0.25, 0.3) is 0 Å². The molecular weight excluding hydrogens is 284 g/mol. The predicted octanol–water partition coefficient (Wildman–Crippen LogP) is 1.96. The number of hydrogen-bond acceptors (Lipinski definition) is 3.